The van der Waals surface area contributed by atoms with Crippen molar-refractivity contribution in [2.75, 3.05) is 26.3 Å². The summed E-state index contributed by atoms with van der Waals surface area (Å²) in [4.78, 5) is 31.1. The fourth-order valence-electron chi connectivity index (χ4n) is 4.31. The van der Waals surface area contributed by atoms with E-state index in [0.29, 0.717) is 31.2 Å². The van der Waals surface area contributed by atoms with Gasteiger partial charge >= 0.3 is 0 Å². The Morgan fingerprint density at radius 3 is 2.87 bits per heavy atom. The highest BCUT2D eigenvalue weighted by atomic mass is 16.5. The SMILES string of the molecule is O=C(NCC1CCOCC1)C1CN(C(=O)c2cc3ccccc3[nH]2)Cc2ccnn21. The number of nitrogens with one attached hydrogen (secondary N) is 2. The lowest BCUT2D eigenvalue weighted by molar-refractivity contribution is -0.126. The molecule has 156 valence electrons. The molecule has 30 heavy (non-hydrogen) atoms. The van der Waals surface area contributed by atoms with Crippen LogP contribution in [0.5, 0.6) is 0 Å². The molecule has 2 aliphatic heterocycles. The highest BCUT2D eigenvalue weighted by molar-refractivity contribution is 5.98. The number of carbonyl (C=O) groups is 2. The Morgan fingerprint density at radius 2 is 2.03 bits per heavy atom. The Kier molecular flexibility index (Phi) is 5.00. The number of para-hydroxylation sites is 1. The average Bonchev–Trinajstić information content (AvgIpc) is 3.43. The van der Waals surface area contributed by atoms with Gasteiger partial charge in [0.05, 0.1) is 18.8 Å². The lowest BCUT2D eigenvalue weighted by Gasteiger charge is -2.33. The van der Waals surface area contributed by atoms with E-state index in [9.17, 15) is 9.59 Å². The predicted octanol–water partition coefficient (Wildman–Crippen LogP) is 2.10. The molecule has 2 N–H and O–H groups in total. The Balaban J connectivity index is 1.32. The zero-order chi connectivity index (χ0) is 20.5. The summed E-state index contributed by atoms with van der Waals surface area (Å²) < 4.78 is 7.13. The van der Waals surface area contributed by atoms with Gasteiger partial charge in [-0.15, -0.1) is 0 Å². The third kappa shape index (κ3) is 3.59. The molecule has 1 atom stereocenters. The monoisotopic (exact) mass is 407 g/mol. The number of ether oxygens (including phenoxy) is 1. The average molecular weight is 407 g/mol. The molecular weight excluding hydrogens is 382 g/mol. The van der Waals surface area contributed by atoms with Gasteiger partial charge in [0.2, 0.25) is 5.91 Å². The van der Waals surface area contributed by atoms with Gasteiger partial charge < -0.3 is 19.9 Å². The number of benzene rings is 1. The molecule has 0 saturated carbocycles. The van der Waals surface area contributed by atoms with Crippen LogP contribution < -0.4 is 5.32 Å². The van der Waals surface area contributed by atoms with Crippen molar-refractivity contribution in [1.82, 2.24) is 25.0 Å². The number of aromatic amines is 1. The molecule has 8 nitrogen and oxygen atoms in total. The van der Waals surface area contributed by atoms with Gasteiger partial charge in [0.1, 0.15) is 11.7 Å². The van der Waals surface area contributed by atoms with Crippen LogP contribution in [-0.4, -0.2) is 57.8 Å². The highest BCUT2D eigenvalue weighted by Gasteiger charge is 2.34. The third-order valence-corrected chi connectivity index (χ3v) is 6.05. The number of aromatic nitrogens is 3. The number of rotatable bonds is 4. The summed E-state index contributed by atoms with van der Waals surface area (Å²) in [5.74, 6) is 0.230. The topological polar surface area (TPSA) is 92.2 Å². The Morgan fingerprint density at radius 1 is 1.20 bits per heavy atom. The number of fused-ring (bicyclic) bond motifs is 2. The molecule has 0 bridgehead atoms. The van der Waals surface area contributed by atoms with Crippen LogP contribution in [0.4, 0.5) is 0 Å². The summed E-state index contributed by atoms with van der Waals surface area (Å²) in [6, 6.07) is 11.0. The van der Waals surface area contributed by atoms with Gasteiger partial charge in [-0.25, -0.2) is 0 Å². The van der Waals surface area contributed by atoms with Crippen LogP contribution in [0, 0.1) is 5.92 Å². The Labute approximate surface area is 174 Å². The molecule has 1 fully saturated rings. The largest absolute Gasteiger partial charge is 0.381 e. The second-order valence-corrected chi connectivity index (χ2v) is 8.04. The van der Waals surface area contributed by atoms with Gasteiger partial charge in [-0.05, 0) is 37.0 Å². The van der Waals surface area contributed by atoms with Gasteiger partial charge in [0.15, 0.2) is 0 Å². The molecular formula is C22H25N5O3. The van der Waals surface area contributed by atoms with Gasteiger partial charge in [0.25, 0.3) is 5.91 Å². The van der Waals surface area contributed by atoms with Crippen LogP contribution in [-0.2, 0) is 16.1 Å². The second kappa shape index (κ2) is 7.95. The first kappa shape index (κ1) is 18.9. The zero-order valence-electron chi connectivity index (χ0n) is 16.7. The predicted molar refractivity (Wildman–Crippen MR) is 111 cm³/mol. The molecule has 1 unspecified atom stereocenters. The molecule has 1 saturated heterocycles. The van der Waals surface area contributed by atoms with Crippen molar-refractivity contribution < 1.29 is 14.3 Å². The first-order chi connectivity index (χ1) is 14.7. The van der Waals surface area contributed by atoms with Gasteiger partial charge in [-0.3, -0.25) is 14.3 Å². The Hall–Kier alpha value is -3.13. The summed E-state index contributed by atoms with van der Waals surface area (Å²) in [6.07, 6.45) is 3.61. The van der Waals surface area contributed by atoms with Crippen LogP contribution in [0.25, 0.3) is 10.9 Å². The van der Waals surface area contributed by atoms with Crippen LogP contribution in [0.3, 0.4) is 0 Å². The van der Waals surface area contributed by atoms with Gasteiger partial charge in [-0.2, -0.15) is 5.10 Å². The van der Waals surface area contributed by atoms with Crippen molar-refractivity contribution in [3.8, 4) is 0 Å². The molecule has 8 heteroatoms. The minimum Gasteiger partial charge on any atom is -0.381 e. The van der Waals surface area contributed by atoms with Crippen molar-refractivity contribution in [2.24, 2.45) is 5.92 Å². The number of nitrogens with zero attached hydrogens (tertiary/aromatic N) is 3. The number of hydrogen-bond acceptors (Lipinski definition) is 4. The van der Waals surface area contributed by atoms with E-state index in [0.717, 1.165) is 42.7 Å². The molecule has 2 aromatic heterocycles. The fourth-order valence-corrected chi connectivity index (χ4v) is 4.31. The van der Waals surface area contributed by atoms with Crippen molar-refractivity contribution in [3.63, 3.8) is 0 Å². The van der Waals surface area contributed by atoms with E-state index in [1.807, 2.05) is 36.4 Å². The number of carbonyl (C=O) groups excluding carboxylic acids is 2. The van der Waals surface area contributed by atoms with Crippen molar-refractivity contribution in [1.29, 1.82) is 0 Å². The van der Waals surface area contributed by atoms with Crippen LogP contribution >= 0.6 is 0 Å². The number of amides is 2. The van der Waals surface area contributed by atoms with Crippen molar-refractivity contribution >= 4 is 22.7 Å². The number of H-pyrrole nitrogens is 1. The molecule has 3 aromatic rings. The molecule has 5 rings (SSSR count). The van der Waals surface area contributed by atoms with E-state index in [4.69, 9.17) is 4.74 Å². The molecule has 0 spiro atoms. The first-order valence-electron chi connectivity index (χ1n) is 10.4. The smallest absolute Gasteiger partial charge is 0.270 e. The lowest BCUT2D eigenvalue weighted by Crippen LogP contribution is -2.48. The molecule has 1 aromatic carbocycles. The van der Waals surface area contributed by atoms with Gasteiger partial charge in [0, 0.05) is 36.9 Å². The molecule has 4 heterocycles. The summed E-state index contributed by atoms with van der Waals surface area (Å²) in [5.41, 5.74) is 2.32. The van der Waals surface area contributed by atoms with Crippen molar-refractivity contribution in [3.05, 3.63) is 54.0 Å². The summed E-state index contributed by atoms with van der Waals surface area (Å²) in [5, 5.41) is 8.41. The standard InChI is InChI=1S/C22H25N5O3/c28-21(23-12-15-6-9-30-10-7-15)20-14-26(13-17-5-8-24-27(17)20)22(29)19-11-16-3-1-2-4-18(16)25-19/h1-5,8,11,15,20,25H,6-7,9-10,12-14H2,(H,23,28). The normalized spacial score (nSPS) is 19.6. The second-order valence-electron chi connectivity index (χ2n) is 8.04. The van der Waals surface area contributed by atoms with E-state index in [-0.39, 0.29) is 11.8 Å². The van der Waals surface area contributed by atoms with E-state index in [1.54, 1.807) is 15.8 Å². The summed E-state index contributed by atoms with van der Waals surface area (Å²) in [6.45, 7) is 2.85. The van der Waals surface area contributed by atoms with Crippen LogP contribution in [0.15, 0.2) is 42.6 Å². The molecule has 0 aliphatic carbocycles. The highest BCUT2D eigenvalue weighted by Crippen LogP contribution is 2.24. The van der Waals surface area contributed by atoms with E-state index >= 15 is 0 Å². The maximum absolute atomic E-state index is 13.2. The third-order valence-electron chi connectivity index (χ3n) is 6.05. The Bertz CT molecular complexity index is 1030. The van der Waals surface area contributed by atoms with E-state index in [1.165, 1.54) is 0 Å². The van der Waals surface area contributed by atoms with Crippen LogP contribution in [0.1, 0.15) is 35.1 Å². The minimum absolute atomic E-state index is 0.0967. The first-order valence-corrected chi connectivity index (χ1v) is 10.4. The van der Waals surface area contributed by atoms with E-state index in [2.05, 4.69) is 15.4 Å². The van der Waals surface area contributed by atoms with Gasteiger partial charge in [-0.1, -0.05) is 18.2 Å². The lowest BCUT2D eigenvalue weighted by atomic mass is 10.0. The quantitative estimate of drug-likeness (QED) is 0.693. The fraction of sp³-hybridized carbons (Fsp3) is 0.409. The zero-order valence-corrected chi connectivity index (χ0v) is 16.7. The maximum atomic E-state index is 13.2. The summed E-state index contributed by atoms with van der Waals surface area (Å²) >= 11 is 0. The summed E-state index contributed by atoms with van der Waals surface area (Å²) in [7, 11) is 0. The van der Waals surface area contributed by atoms with Crippen molar-refractivity contribution in [2.45, 2.75) is 25.4 Å². The maximum Gasteiger partial charge on any atom is 0.270 e. The van der Waals surface area contributed by atoms with E-state index < -0.39 is 6.04 Å². The minimum atomic E-state index is -0.531. The molecule has 0 radical (unpaired) electrons. The van der Waals surface area contributed by atoms with Crippen LogP contribution in [0.2, 0.25) is 0 Å². The molecule has 2 aliphatic rings. The molecule has 2 amide bonds. The number of hydrogen-bond donors (Lipinski definition) is 2.